The van der Waals surface area contributed by atoms with E-state index in [1.54, 1.807) is 6.92 Å². The van der Waals surface area contributed by atoms with Gasteiger partial charge >= 0.3 is 0 Å². The van der Waals surface area contributed by atoms with Gasteiger partial charge in [0.05, 0.1) is 0 Å². The topological polar surface area (TPSA) is 32.3 Å². The van der Waals surface area contributed by atoms with Crippen molar-refractivity contribution < 1.29 is 4.79 Å². The second-order valence-corrected chi connectivity index (χ2v) is 7.67. The fourth-order valence-electron chi connectivity index (χ4n) is 3.11. The summed E-state index contributed by atoms with van der Waals surface area (Å²) in [4.78, 5) is 13.4. The van der Waals surface area contributed by atoms with Gasteiger partial charge in [0.25, 0.3) is 0 Å². The molecule has 0 unspecified atom stereocenters. The quantitative estimate of drug-likeness (QED) is 0.929. The summed E-state index contributed by atoms with van der Waals surface area (Å²) in [6.45, 7) is 13.3. The maximum atomic E-state index is 11.4. The van der Waals surface area contributed by atoms with E-state index >= 15 is 0 Å². The number of amides is 1. The molecule has 22 heavy (non-hydrogen) atoms. The Kier molecular flexibility index (Phi) is 5.28. The van der Waals surface area contributed by atoms with Crippen LogP contribution < -0.4 is 5.32 Å². The second kappa shape index (κ2) is 6.82. The average molecular weight is 302 g/mol. The lowest BCUT2D eigenvalue weighted by Crippen LogP contribution is -2.49. The van der Waals surface area contributed by atoms with E-state index in [-0.39, 0.29) is 11.3 Å². The van der Waals surface area contributed by atoms with E-state index in [2.05, 4.69) is 57.3 Å². The minimum Gasteiger partial charge on any atom is -0.343 e. The number of carbonyl (C=O) groups excluding carboxylic acids is 1. The molecule has 2 rings (SSSR count). The minimum absolute atomic E-state index is 0.197. The minimum atomic E-state index is 0.197. The number of rotatable bonds is 3. The Labute approximate surface area is 135 Å². The zero-order chi connectivity index (χ0) is 16.3. The van der Waals surface area contributed by atoms with Crippen LogP contribution in [0.1, 0.15) is 52.2 Å². The maximum Gasteiger partial charge on any atom is 0.219 e. The molecule has 1 heterocycles. The van der Waals surface area contributed by atoms with Crippen LogP contribution in [0.15, 0.2) is 24.3 Å². The Morgan fingerprint density at radius 3 is 2.41 bits per heavy atom. The molecule has 1 aromatic rings. The summed E-state index contributed by atoms with van der Waals surface area (Å²) in [6, 6.07) is 9.42. The van der Waals surface area contributed by atoms with E-state index in [1.165, 1.54) is 11.1 Å². The van der Waals surface area contributed by atoms with Crippen molar-refractivity contribution >= 4 is 5.91 Å². The second-order valence-electron chi connectivity index (χ2n) is 7.67. The number of hydrogen-bond acceptors (Lipinski definition) is 2. The monoisotopic (exact) mass is 302 g/mol. The third-order valence-electron chi connectivity index (χ3n) is 4.74. The molecule has 1 aliphatic rings. The van der Waals surface area contributed by atoms with Crippen LogP contribution in [0.5, 0.6) is 0 Å². The first-order chi connectivity index (χ1) is 10.3. The lowest BCUT2D eigenvalue weighted by molar-refractivity contribution is -0.130. The largest absolute Gasteiger partial charge is 0.343 e. The van der Waals surface area contributed by atoms with Crippen LogP contribution in [0.25, 0.3) is 0 Å². The fourth-order valence-corrected chi connectivity index (χ4v) is 3.11. The smallest absolute Gasteiger partial charge is 0.219 e. The molecule has 1 saturated heterocycles. The van der Waals surface area contributed by atoms with Gasteiger partial charge in [0.15, 0.2) is 0 Å². The van der Waals surface area contributed by atoms with Gasteiger partial charge < -0.3 is 10.2 Å². The summed E-state index contributed by atoms with van der Waals surface area (Å²) in [6.07, 6.45) is 1.04. The van der Waals surface area contributed by atoms with Gasteiger partial charge in [-0.2, -0.15) is 0 Å². The highest BCUT2D eigenvalue weighted by atomic mass is 16.2. The van der Waals surface area contributed by atoms with Gasteiger partial charge in [-0.3, -0.25) is 4.79 Å². The molecule has 3 nitrogen and oxygen atoms in total. The zero-order valence-corrected chi connectivity index (χ0v) is 14.6. The molecule has 122 valence electrons. The van der Waals surface area contributed by atoms with Crippen molar-refractivity contribution in [3.05, 3.63) is 35.4 Å². The van der Waals surface area contributed by atoms with Gasteiger partial charge in [0, 0.05) is 32.6 Å². The number of carbonyl (C=O) groups is 1. The van der Waals surface area contributed by atoms with Crippen molar-refractivity contribution in [2.45, 2.75) is 59.0 Å². The normalized spacial score (nSPS) is 22.7. The van der Waals surface area contributed by atoms with E-state index in [9.17, 15) is 4.79 Å². The zero-order valence-electron chi connectivity index (χ0n) is 14.6. The molecule has 0 bridgehead atoms. The molecule has 1 fully saturated rings. The number of likely N-dealkylation sites (tertiary alicyclic amines) is 1. The Morgan fingerprint density at radius 1 is 1.27 bits per heavy atom. The van der Waals surface area contributed by atoms with Crippen molar-refractivity contribution in [2.75, 3.05) is 13.1 Å². The molecule has 1 aliphatic heterocycles. The molecule has 0 radical (unpaired) electrons. The third-order valence-corrected chi connectivity index (χ3v) is 4.74. The van der Waals surface area contributed by atoms with E-state index < -0.39 is 0 Å². The molecular weight excluding hydrogens is 272 g/mol. The molecular formula is C19H30N2O. The van der Waals surface area contributed by atoms with Crippen molar-refractivity contribution in [1.82, 2.24) is 10.2 Å². The van der Waals surface area contributed by atoms with Gasteiger partial charge in [0.2, 0.25) is 5.91 Å². The van der Waals surface area contributed by atoms with Crippen LogP contribution in [-0.4, -0.2) is 29.9 Å². The van der Waals surface area contributed by atoms with Crippen LogP contribution in [-0.2, 0) is 16.8 Å². The maximum absolute atomic E-state index is 11.4. The first kappa shape index (κ1) is 17.0. The van der Waals surface area contributed by atoms with Crippen LogP contribution in [0.3, 0.4) is 0 Å². The highest BCUT2D eigenvalue weighted by Gasteiger charge is 2.26. The van der Waals surface area contributed by atoms with Crippen molar-refractivity contribution in [3.63, 3.8) is 0 Å². The number of nitrogens with one attached hydrogen (secondary N) is 1. The number of hydrogen-bond donors (Lipinski definition) is 1. The third kappa shape index (κ3) is 4.33. The molecule has 0 aromatic heterocycles. The first-order valence-electron chi connectivity index (χ1n) is 8.35. The van der Waals surface area contributed by atoms with E-state index in [0.717, 1.165) is 26.1 Å². The predicted octanol–water partition coefficient (Wildman–Crippen LogP) is 3.33. The van der Waals surface area contributed by atoms with Crippen molar-refractivity contribution in [3.8, 4) is 0 Å². The molecule has 0 saturated carbocycles. The van der Waals surface area contributed by atoms with Gasteiger partial charge in [0.1, 0.15) is 0 Å². The predicted molar refractivity (Wildman–Crippen MR) is 91.8 cm³/mol. The number of benzene rings is 1. The van der Waals surface area contributed by atoms with Gasteiger partial charge in [-0.1, -0.05) is 52.0 Å². The van der Waals surface area contributed by atoms with E-state index in [1.807, 2.05) is 4.90 Å². The highest BCUT2D eigenvalue weighted by molar-refractivity contribution is 5.73. The standard InChI is InChI=1S/C19H30N2O/c1-14-13-21(15(2)22)11-10-18(14)20-12-16-6-8-17(9-7-16)19(3,4)5/h6-9,14,18,20H,10-13H2,1-5H3/t14-,18-/m0/s1. The molecule has 1 amide bonds. The summed E-state index contributed by atoms with van der Waals surface area (Å²) >= 11 is 0. The van der Waals surface area contributed by atoms with E-state index in [4.69, 9.17) is 0 Å². The summed E-state index contributed by atoms with van der Waals surface area (Å²) in [5.74, 6) is 0.703. The van der Waals surface area contributed by atoms with Crippen LogP contribution in [0.2, 0.25) is 0 Å². The molecule has 1 aromatic carbocycles. The van der Waals surface area contributed by atoms with E-state index in [0.29, 0.717) is 12.0 Å². The summed E-state index contributed by atoms with van der Waals surface area (Å²) in [7, 11) is 0. The molecule has 0 aliphatic carbocycles. The number of nitrogens with zero attached hydrogens (tertiary/aromatic N) is 1. The Bertz CT molecular complexity index is 501. The average Bonchev–Trinajstić information content (AvgIpc) is 2.45. The van der Waals surface area contributed by atoms with Gasteiger partial charge in [-0.15, -0.1) is 0 Å². The van der Waals surface area contributed by atoms with Crippen molar-refractivity contribution in [1.29, 1.82) is 0 Å². The Balaban J connectivity index is 1.87. The van der Waals surface area contributed by atoms with Gasteiger partial charge in [-0.25, -0.2) is 0 Å². The molecule has 1 N–H and O–H groups in total. The highest BCUT2D eigenvalue weighted by Crippen LogP contribution is 2.22. The van der Waals surface area contributed by atoms with Crippen LogP contribution >= 0.6 is 0 Å². The lowest BCUT2D eigenvalue weighted by Gasteiger charge is -2.37. The SMILES string of the molecule is CC(=O)N1CC[C@H](NCc2ccc(C(C)(C)C)cc2)[C@@H](C)C1. The fraction of sp³-hybridized carbons (Fsp3) is 0.632. The summed E-state index contributed by atoms with van der Waals surface area (Å²) in [5.41, 5.74) is 2.91. The lowest BCUT2D eigenvalue weighted by atomic mass is 9.86. The van der Waals surface area contributed by atoms with Crippen LogP contribution in [0.4, 0.5) is 0 Å². The van der Waals surface area contributed by atoms with Crippen molar-refractivity contribution in [2.24, 2.45) is 5.92 Å². The molecule has 2 atom stereocenters. The summed E-state index contributed by atoms with van der Waals surface area (Å²) in [5, 5.41) is 3.67. The first-order valence-corrected chi connectivity index (χ1v) is 8.35. The molecule has 0 spiro atoms. The van der Waals surface area contributed by atoms with Crippen LogP contribution in [0, 0.1) is 5.92 Å². The summed E-state index contributed by atoms with van der Waals surface area (Å²) < 4.78 is 0. The Hall–Kier alpha value is -1.35. The van der Waals surface area contributed by atoms with Gasteiger partial charge in [-0.05, 0) is 28.9 Å². The Morgan fingerprint density at radius 2 is 1.91 bits per heavy atom. The molecule has 3 heteroatoms. The number of piperidine rings is 1.